The molecule has 1 saturated heterocycles. The van der Waals surface area contributed by atoms with Gasteiger partial charge in [-0.2, -0.15) is 0 Å². The fourth-order valence-corrected chi connectivity index (χ4v) is 3.58. The first-order chi connectivity index (χ1) is 12.0. The van der Waals surface area contributed by atoms with Crippen molar-refractivity contribution in [2.75, 3.05) is 20.2 Å². The molecule has 1 aromatic carbocycles. The lowest BCUT2D eigenvalue weighted by Gasteiger charge is -2.23. The van der Waals surface area contributed by atoms with Crippen LogP contribution in [0.2, 0.25) is 0 Å². The van der Waals surface area contributed by atoms with Crippen molar-refractivity contribution in [1.82, 2.24) is 4.90 Å². The fraction of sp³-hybridized carbons (Fsp3) is 0.474. The molecule has 1 atom stereocenters. The van der Waals surface area contributed by atoms with Gasteiger partial charge in [0, 0.05) is 42.6 Å². The molecule has 0 bridgehead atoms. The van der Waals surface area contributed by atoms with Gasteiger partial charge in [-0.25, -0.2) is 4.79 Å². The number of nitrogens with zero attached hydrogens (tertiary/aromatic N) is 1. The van der Waals surface area contributed by atoms with E-state index in [0.29, 0.717) is 36.3 Å². The number of rotatable bonds is 5. The van der Waals surface area contributed by atoms with Gasteiger partial charge < -0.3 is 19.8 Å². The molecular formula is C19H24N2O4. The number of ether oxygens (including phenoxy) is 1. The van der Waals surface area contributed by atoms with E-state index in [0.717, 1.165) is 30.3 Å². The minimum Gasteiger partial charge on any atom is -0.497 e. The molecule has 1 aliphatic rings. The summed E-state index contributed by atoms with van der Waals surface area (Å²) in [5, 5.41) is 0.865. The van der Waals surface area contributed by atoms with Crippen LogP contribution in [-0.2, 0) is 11.2 Å². The highest BCUT2D eigenvalue weighted by molar-refractivity contribution is 5.83. The first kappa shape index (κ1) is 17.5. The minimum absolute atomic E-state index is 0.0570. The maximum absolute atomic E-state index is 12.5. The Morgan fingerprint density at radius 3 is 2.96 bits per heavy atom. The van der Waals surface area contributed by atoms with E-state index in [1.54, 1.807) is 13.2 Å². The van der Waals surface area contributed by atoms with Crippen LogP contribution in [0.3, 0.4) is 0 Å². The lowest BCUT2D eigenvalue weighted by Crippen LogP contribution is -2.40. The van der Waals surface area contributed by atoms with E-state index in [4.69, 9.17) is 14.9 Å². The van der Waals surface area contributed by atoms with Gasteiger partial charge in [0.1, 0.15) is 11.3 Å². The molecule has 134 valence electrons. The molecule has 0 saturated carbocycles. The Balaban J connectivity index is 1.82. The second-order valence-corrected chi connectivity index (χ2v) is 6.47. The van der Waals surface area contributed by atoms with Gasteiger partial charge in [0.05, 0.1) is 7.11 Å². The average molecular weight is 344 g/mol. The monoisotopic (exact) mass is 344 g/mol. The van der Waals surface area contributed by atoms with E-state index < -0.39 is 0 Å². The van der Waals surface area contributed by atoms with Crippen LogP contribution >= 0.6 is 0 Å². The van der Waals surface area contributed by atoms with Crippen LogP contribution in [0.5, 0.6) is 5.75 Å². The van der Waals surface area contributed by atoms with Crippen LogP contribution in [0.1, 0.15) is 30.4 Å². The molecule has 1 unspecified atom stereocenters. The zero-order chi connectivity index (χ0) is 18.0. The SMILES string of the molecule is COc1ccc2c(C)c(CCC(=O)N3CCCC3CN)c(=O)oc2c1. The summed E-state index contributed by atoms with van der Waals surface area (Å²) in [5.41, 5.74) is 7.27. The van der Waals surface area contributed by atoms with E-state index >= 15 is 0 Å². The van der Waals surface area contributed by atoms with Gasteiger partial charge in [0.25, 0.3) is 0 Å². The molecule has 25 heavy (non-hydrogen) atoms. The van der Waals surface area contributed by atoms with Gasteiger partial charge >= 0.3 is 5.63 Å². The number of amides is 1. The van der Waals surface area contributed by atoms with Crippen molar-refractivity contribution in [2.45, 2.75) is 38.6 Å². The summed E-state index contributed by atoms with van der Waals surface area (Å²) in [5.74, 6) is 0.696. The smallest absolute Gasteiger partial charge is 0.339 e. The van der Waals surface area contributed by atoms with Crippen LogP contribution in [0, 0.1) is 6.92 Å². The Morgan fingerprint density at radius 2 is 2.24 bits per heavy atom. The number of hydrogen-bond donors (Lipinski definition) is 1. The number of carbonyl (C=O) groups is 1. The minimum atomic E-state index is -0.386. The normalized spacial score (nSPS) is 17.2. The summed E-state index contributed by atoms with van der Waals surface area (Å²) >= 11 is 0. The summed E-state index contributed by atoms with van der Waals surface area (Å²) in [4.78, 5) is 26.7. The van der Waals surface area contributed by atoms with Gasteiger partial charge in [-0.1, -0.05) is 0 Å². The van der Waals surface area contributed by atoms with Crippen molar-refractivity contribution in [3.05, 3.63) is 39.7 Å². The highest BCUT2D eigenvalue weighted by atomic mass is 16.5. The molecule has 6 nitrogen and oxygen atoms in total. The number of fused-ring (bicyclic) bond motifs is 1. The fourth-order valence-electron chi connectivity index (χ4n) is 3.58. The van der Waals surface area contributed by atoms with E-state index in [9.17, 15) is 9.59 Å². The Kier molecular flexibility index (Phi) is 5.08. The standard InChI is InChI=1S/C19H24N2O4/c1-12-15-6-5-14(24-2)10-17(15)25-19(23)16(12)7-8-18(22)21-9-3-4-13(21)11-20/h5-6,10,13H,3-4,7-9,11,20H2,1-2H3. The zero-order valence-corrected chi connectivity index (χ0v) is 14.7. The summed E-state index contributed by atoms with van der Waals surface area (Å²) < 4.78 is 10.6. The van der Waals surface area contributed by atoms with Crippen LogP contribution in [0.4, 0.5) is 0 Å². The first-order valence-corrected chi connectivity index (χ1v) is 8.65. The number of methoxy groups -OCH3 is 1. The third-order valence-electron chi connectivity index (χ3n) is 5.05. The molecule has 6 heteroatoms. The lowest BCUT2D eigenvalue weighted by atomic mass is 10.0. The maximum atomic E-state index is 12.5. The maximum Gasteiger partial charge on any atom is 0.339 e. The highest BCUT2D eigenvalue weighted by Crippen LogP contribution is 2.25. The van der Waals surface area contributed by atoms with Crippen molar-refractivity contribution in [3.8, 4) is 5.75 Å². The van der Waals surface area contributed by atoms with Crippen molar-refractivity contribution < 1.29 is 13.9 Å². The largest absolute Gasteiger partial charge is 0.497 e. The predicted octanol–water partition coefficient (Wildman–Crippen LogP) is 1.99. The Morgan fingerprint density at radius 1 is 1.44 bits per heavy atom. The van der Waals surface area contributed by atoms with Crippen molar-refractivity contribution in [2.24, 2.45) is 5.73 Å². The molecular weight excluding hydrogens is 320 g/mol. The number of aryl methyl sites for hydroxylation is 1. The van der Waals surface area contributed by atoms with Gasteiger partial charge in [-0.05, 0) is 43.9 Å². The number of likely N-dealkylation sites (tertiary alicyclic amines) is 1. The third-order valence-corrected chi connectivity index (χ3v) is 5.05. The van der Waals surface area contributed by atoms with Crippen LogP contribution in [-0.4, -0.2) is 37.0 Å². The molecule has 2 N–H and O–H groups in total. The van der Waals surface area contributed by atoms with Crippen molar-refractivity contribution in [1.29, 1.82) is 0 Å². The molecule has 0 aliphatic carbocycles. The number of carbonyl (C=O) groups excluding carboxylic acids is 1. The Labute approximate surface area is 146 Å². The number of benzene rings is 1. The van der Waals surface area contributed by atoms with E-state index in [1.165, 1.54) is 0 Å². The summed E-state index contributed by atoms with van der Waals surface area (Å²) in [6.45, 7) is 3.14. The number of hydrogen-bond acceptors (Lipinski definition) is 5. The summed E-state index contributed by atoms with van der Waals surface area (Å²) in [7, 11) is 1.57. The molecule has 1 aliphatic heterocycles. The molecule has 0 radical (unpaired) electrons. The average Bonchev–Trinajstić information content (AvgIpc) is 3.09. The predicted molar refractivity (Wildman–Crippen MR) is 95.9 cm³/mol. The second kappa shape index (κ2) is 7.27. The molecule has 0 spiro atoms. The quantitative estimate of drug-likeness (QED) is 0.839. The van der Waals surface area contributed by atoms with Crippen molar-refractivity contribution in [3.63, 3.8) is 0 Å². The van der Waals surface area contributed by atoms with E-state index in [1.807, 2.05) is 24.0 Å². The molecule has 1 amide bonds. The van der Waals surface area contributed by atoms with E-state index in [2.05, 4.69) is 0 Å². The first-order valence-electron chi connectivity index (χ1n) is 8.65. The van der Waals surface area contributed by atoms with Crippen LogP contribution < -0.4 is 16.1 Å². The second-order valence-electron chi connectivity index (χ2n) is 6.47. The molecule has 3 rings (SSSR count). The molecule has 2 aromatic rings. The van der Waals surface area contributed by atoms with Crippen LogP contribution in [0.15, 0.2) is 27.4 Å². The van der Waals surface area contributed by atoms with Gasteiger partial charge in [0.2, 0.25) is 5.91 Å². The number of nitrogens with two attached hydrogens (primary N) is 1. The molecule has 2 heterocycles. The molecule has 1 aromatic heterocycles. The van der Waals surface area contributed by atoms with Gasteiger partial charge in [-0.3, -0.25) is 4.79 Å². The third kappa shape index (κ3) is 3.39. The van der Waals surface area contributed by atoms with Crippen molar-refractivity contribution >= 4 is 16.9 Å². The van der Waals surface area contributed by atoms with E-state index in [-0.39, 0.29) is 17.6 Å². The van der Waals surface area contributed by atoms with Crippen LogP contribution in [0.25, 0.3) is 11.0 Å². The summed E-state index contributed by atoms with van der Waals surface area (Å²) in [6.07, 6.45) is 2.63. The Hall–Kier alpha value is -2.34. The lowest BCUT2D eigenvalue weighted by molar-refractivity contribution is -0.131. The Bertz CT molecular complexity index is 843. The van der Waals surface area contributed by atoms with Gasteiger partial charge in [0.15, 0.2) is 0 Å². The molecule has 1 fully saturated rings. The zero-order valence-electron chi connectivity index (χ0n) is 14.7. The highest BCUT2D eigenvalue weighted by Gasteiger charge is 2.27. The van der Waals surface area contributed by atoms with Gasteiger partial charge in [-0.15, -0.1) is 0 Å². The topological polar surface area (TPSA) is 85.8 Å². The summed E-state index contributed by atoms with van der Waals surface area (Å²) in [6, 6.07) is 5.55.